The number of rotatable bonds is 7. The summed E-state index contributed by atoms with van der Waals surface area (Å²) in [6.45, 7) is 5.36. The first-order valence-corrected chi connectivity index (χ1v) is 9.10. The largest absolute Gasteiger partial charge is 0.343 e. The Morgan fingerprint density at radius 2 is 2.39 bits per heavy atom. The number of thioether (sulfide) groups is 2. The summed E-state index contributed by atoms with van der Waals surface area (Å²) in [7, 11) is 1.94. The quantitative estimate of drug-likeness (QED) is 0.728. The van der Waals surface area contributed by atoms with Crippen LogP contribution in [0.2, 0.25) is 0 Å². The molecule has 1 aliphatic rings. The minimum absolute atomic E-state index is 0.281. The SMILES string of the molecule is CCSCCC(C)N(C)C(=O)CC1CSCCN1. The van der Waals surface area contributed by atoms with E-state index in [4.69, 9.17) is 0 Å². The highest BCUT2D eigenvalue weighted by Crippen LogP contribution is 2.13. The number of nitrogens with one attached hydrogen (secondary N) is 1. The van der Waals surface area contributed by atoms with Crippen LogP contribution in [0.1, 0.15) is 26.7 Å². The number of nitrogens with zero attached hydrogens (tertiary/aromatic N) is 1. The van der Waals surface area contributed by atoms with Crippen LogP contribution in [-0.2, 0) is 4.79 Å². The molecule has 1 rings (SSSR count). The molecule has 0 radical (unpaired) electrons. The highest BCUT2D eigenvalue weighted by molar-refractivity contribution is 7.99. The molecule has 2 unspecified atom stereocenters. The minimum Gasteiger partial charge on any atom is -0.343 e. The molecule has 106 valence electrons. The van der Waals surface area contributed by atoms with Crippen molar-refractivity contribution in [2.45, 2.75) is 38.8 Å². The van der Waals surface area contributed by atoms with Crippen LogP contribution in [0.15, 0.2) is 0 Å². The van der Waals surface area contributed by atoms with Gasteiger partial charge in [-0.3, -0.25) is 4.79 Å². The molecule has 0 aromatic rings. The van der Waals surface area contributed by atoms with Crippen molar-refractivity contribution in [2.24, 2.45) is 0 Å². The molecule has 1 N–H and O–H groups in total. The van der Waals surface area contributed by atoms with E-state index in [0.29, 0.717) is 18.5 Å². The van der Waals surface area contributed by atoms with Crippen molar-refractivity contribution < 1.29 is 4.79 Å². The van der Waals surface area contributed by atoms with Gasteiger partial charge in [-0.2, -0.15) is 23.5 Å². The number of carbonyl (C=O) groups is 1. The predicted molar refractivity (Wildman–Crippen MR) is 83.6 cm³/mol. The van der Waals surface area contributed by atoms with Crippen molar-refractivity contribution in [1.82, 2.24) is 10.2 Å². The molecule has 18 heavy (non-hydrogen) atoms. The smallest absolute Gasteiger partial charge is 0.224 e. The lowest BCUT2D eigenvalue weighted by Crippen LogP contribution is -2.43. The first-order chi connectivity index (χ1) is 8.65. The molecule has 5 heteroatoms. The minimum atomic E-state index is 0.281. The van der Waals surface area contributed by atoms with E-state index in [1.54, 1.807) is 0 Å². The van der Waals surface area contributed by atoms with Crippen LogP contribution < -0.4 is 5.32 Å². The van der Waals surface area contributed by atoms with Gasteiger partial charge in [-0.05, 0) is 24.9 Å². The van der Waals surface area contributed by atoms with Crippen molar-refractivity contribution in [1.29, 1.82) is 0 Å². The maximum Gasteiger partial charge on any atom is 0.224 e. The Morgan fingerprint density at radius 3 is 3.00 bits per heavy atom. The van der Waals surface area contributed by atoms with Crippen molar-refractivity contribution >= 4 is 29.4 Å². The van der Waals surface area contributed by atoms with Crippen LogP contribution in [-0.4, -0.2) is 59.5 Å². The standard InChI is InChI=1S/C13H26N2OS2/c1-4-17-7-5-11(2)15(3)13(16)9-12-10-18-8-6-14-12/h11-12,14H,4-10H2,1-3H3. The van der Waals surface area contributed by atoms with E-state index in [1.807, 2.05) is 35.5 Å². The maximum absolute atomic E-state index is 12.2. The van der Waals surface area contributed by atoms with Crippen LogP contribution in [0.25, 0.3) is 0 Å². The van der Waals surface area contributed by atoms with Crippen LogP contribution in [0.4, 0.5) is 0 Å². The normalized spacial score (nSPS) is 21.6. The summed E-state index contributed by atoms with van der Waals surface area (Å²) in [5.41, 5.74) is 0. The second kappa shape index (κ2) is 9.10. The van der Waals surface area contributed by atoms with E-state index in [-0.39, 0.29) is 5.91 Å². The van der Waals surface area contributed by atoms with Gasteiger partial charge >= 0.3 is 0 Å². The average molecular weight is 290 g/mol. The van der Waals surface area contributed by atoms with Gasteiger partial charge in [0.25, 0.3) is 0 Å². The lowest BCUT2D eigenvalue weighted by molar-refractivity contribution is -0.132. The van der Waals surface area contributed by atoms with Crippen molar-refractivity contribution in [3.8, 4) is 0 Å². The second-order valence-corrected chi connectivity index (χ2v) is 7.31. The molecule has 1 fully saturated rings. The summed E-state index contributed by atoms with van der Waals surface area (Å²) in [5.74, 6) is 4.83. The van der Waals surface area contributed by atoms with E-state index in [2.05, 4.69) is 19.2 Å². The Balaban J connectivity index is 2.25. The molecule has 2 atom stereocenters. The van der Waals surface area contributed by atoms with Crippen molar-refractivity contribution in [3.63, 3.8) is 0 Å². The summed E-state index contributed by atoms with van der Waals surface area (Å²) in [5, 5.41) is 3.42. The van der Waals surface area contributed by atoms with Gasteiger partial charge in [-0.25, -0.2) is 0 Å². The van der Waals surface area contributed by atoms with E-state index >= 15 is 0 Å². The van der Waals surface area contributed by atoms with Gasteiger partial charge in [0.05, 0.1) is 0 Å². The first-order valence-electron chi connectivity index (χ1n) is 6.79. The Labute approximate surface area is 120 Å². The highest BCUT2D eigenvalue weighted by atomic mass is 32.2. The van der Waals surface area contributed by atoms with Crippen LogP contribution >= 0.6 is 23.5 Å². The molecule has 0 aliphatic carbocycles. The lowest BCUT2D eigenvalue weighted by Gasteiger charge is -2.28. The van der Waals surface area contributed by atoms with Gasteiger partial charge in [0.15, 0.2) is 0 Å². The van der Waals surface area contributed by atoms with Gasteiger partial charge in [-0.15, -0.1) is 0 Å². The number of hydrogen-bond acceptors (Lipinski definition) is 4. The van der Waals surface area contributed by atoms with Gasteiger partial charge < -0.3 is 10.2 Å². The average Bonchev–Trinajstić information content (AvgIpc) is 2.39. The second-order valence-electron chi connectivity index (χ2n) is 4.77. The molecule has 3 nitrogen and oxygen atoms in total. The first kappa shape index (κ1) is 16.2. The predicted octanol–water partition coefficient (Wildman–Crippen LogP) is 2.07. The fourth-order valence-corrected chi connectivity index (χ4v) is 3.69. The molecular formula is C13H26N2OS2. The highest BCUT2D eigenvalue weighted by Gasteiger charge is 2.21. The molecule has 0 saturated carbocycles. The monoisotopic (exact) mass is 290 g/mol. The summed E-state index contributed by atoms with van der Waals surface area (Å²) < 4.78 is 0. The van der Waals surface area contributed by atoms with Gasteiger partial charge in [0.2, 0.25) is 5.91 Å². The summed E-state index contributed by atoms with van der Waals surface area (Å²) in [4.78, 5) is 14.1. The number of hydrogen-bond donors (Lipinski definition) is 1. The fourth-order valence-electron chi connectivity index (χ4n) is 1.94. The summed E-state index contributed by atoms with van der Waals surface area (Å²) in [6, 6.07) is 0.726. The third kappa shape index (κ3) is 5.85. The fraction of sp³-hybridized carbons (Fsp3) is 0.923. The van der Waals surface area contributed by atoms with Crippen LogP contribution in [0, 0.1) is 0 Å². The molecule has 1 saturated heterocycles. The Hall–Kier alpha value is 0.130. The van der Waals surface area contributed by atoms with E-state index < -0.39 is 0 Å². The molecule has 0 spiro atoms. The van der Waals surface area contributed by atoms with Gasteiger partial charge in [0, 0.05) is 43.6 Å². The Bertz CT molecular complexity index is 245. The Morgan fingerprint density at radius 1 is 1.61 bits per heavy atom. The van der Waals surface area contributed by atoms with Crippen molar-refractivity contribution in [2.75, 3.05) is 36.6 Å². The van der Waals surface area contributed by atoms with Crippen LogP contribution in [0.5, 0.6) is 0 Å². The molecule has 0 aromatic heterocycles. The zero-order valence-electron chi connectivity index (χ0n) is 11.8. The molecule has 1 aliphatic heterocycles. The summed E-state index contributed by atoms with van der Waals surface area (Å²) in [6.07, 6.45) is 1.74. The van der Waals surface area contributed by atoms with E-state index in [0.717, 1.165) is 30.2 Å². The van der Waals surface area contributed by atoms with Crippen LogP contribution in [0.3, 0.4) is 0 Å². The topological polar surface area (TPSA) is 32.3 Å². The lowest BCUT2D eigenvalue weighted by atomic mass is 10.1. The third-order valence-corrected chi connectivity index (χ3v) is 5.42. The molecule has 0 bridgehead atoms. The summed E-state index contributed by atoms with van der Waals surface area (Å²) >= 11 is 3.89. The molecule has 0 aromatic carbocycles. The van der Waals surface area contributed by atoms with E-state index in [9.17, 15) is 4.79 Å². The number of carbonyl (C=O) groups excluding carboxylic acids is 1. The van der Waals surface area contributed by atoms with E-state index in [1.165, 1.54) is 5.75 Å². The Kier molecular flexibility index (Phi) is 8.18. The number of amides is 1. The third-order valence-electron chi connectivity index (χ3n) is 3.36. The zero-order chi connectivity index (χ0) is 13.4. The molecule has 1 heterocycles. The molecular weight excluding hydrogens is 264 g/mol. The maximum atomic E-state index is 12.2. The van der Waals surface area contributed by atoms with Gasteiger partial charge in [0.1, 0.15) is 0 Å². The molecule has 1 amide bonds. The van der Waals surface area contributed by atoms with Crippen molar-refractivity contribution in [3.05, 3.63) is 0 Å². The zero-order valence-corrected chi connectivity index (χ0v) is 13.4. The van der Waals surface area contributed by atoms with Gasteiger partial charge in [-0.1, -0.05) is 6.92 Å².